The Hall–Kier alpha value is -1.88. The highest BCUT2D eigenvalue weighted by Crippen LogP contribution is 2.22. The molecule has 2 N–H and O–H groups in total. The number of aromatic amines is 1. The van der Waals surface area contributed by atoms with E-state index >= 15 is 0 Å². The molecule has 2 aromatic heterocycles. The van der Waals surface area contributed by atoms with Crippen molar-refractivity contribution < 1.29 is 0 Å². The number of rotatable bonds is 1. The van der Waals surface area contributed by atoms with Crippen LogP contribution in [0, 0.1) is 0 Å². The highest BCUT2D eigenvalue weighted by molar-refractivity contribution is 5.38. The van der Waals surface area contributed by atoms with Crippen LogP contribution in [0.3, 0.4) is 0 Å². The highest BCUT2D eigenvalue weighted by atomic mass is 16.1. The summed E-state index contributed by atoms with van der Waals surface area (Å²) in [6, 6.07) is 4.51. The van der Waals surface area contributed by atoms with E-state index in [0.29, 0.717) is 11.6 Å². The van der Waals surface area contributed by atoms with Crippen molar-refractivity contribution in [3.63, 3.8) is 0 Å². The van der Waals surface area contributed by atoms with Crippen molar-refractivity contribution in [1.29, 1.82) is 0 Å². The molecular weight excluding hydrogens is 230 g/mol. The second kappa shape index (κ2) is 4.42. The molecule has 0 radical (unpaired) electrons. The Labute approximate surface area is 103 Å². The molecule has 2 aromatic rings. The summed E-state index contributed by atoms with van der Waals surface area (Å²) in [6.07, 6.45) is 3.55. The van der Waals surface area contributed by atoms with Gasteiger partial charge in [-0.15, -0.1) is 0 Å². The lowest BCUT2D eigenvalue weighted by atomic mass is 9.94. The standard InChI is InChI=1S/C13H15N3O2/c17-10-3-6-16-12(7-10)15-11(8-13(16)18)9-1-4-14-5-2-9/h3,6-9,14-15H,1-2,4-5H2. The van der Waals surface area contributed by atoms with Gasteiger partial charge in [0.2, 0.25) is 0 Å². The topological polar surface area (TPSA) is 66.4 Å². The molecule has 1 fully saturated rings. The fourth-order valence-corrected chi connectivity index (χ4v) is 2.51. The molecule has 1 saturated heterocycles. The molecule has 5 nitrogen and oxygen atoms in total. The van der Waals surface area contributed by atoms with E-state index in [4.69, 9.17) is 0 Å². The summed E-state index contributed by atoms with van der Waals surface area (Å²) >= 11 is 0. The fourth-order valence-electron chi connectivity index (χ4n) is 2.51. The summed E-state index contributed by atoms with van der Waals surface area (Å²) in [4.78, 5) is 26.5. The summed E-state index contributed by atoms with van der Waals surface area (Å²) < 4.78 is 1.46. The molecule has 94 valence electrons. The van der Waals surface area contributed by atoms with E-state index in [-0.39, 0.29) is 11.0 Å². The van der Waals surface area contributed by atoms with Crippen LogP contribution in [0.15, 0.2) is 34.0 Å². The zero-order valence-corrected chi connectivity index (χ0v) is 9.98. The number of pyridine rings is 1. The number of hydrogen-bond acceptors (Lipinski definition) is 3. The molecule has 0 bridgehead atoms. The van der Waals surface area contributed by atoms with E-state index in [1.807, 2.05) is 0 Å². The highest BCUT2D eigenvalue weighted by Gasteiger charge is 2.16. The molecule has 0 unspecified atom stereocenters. The Morgan fingerprint density at radius 2 is 1.94 bits per heavy atom. The second-order valence-electron chi connectivity index (χ2n) is 4.70. The first-order valence-corrected chi connectivity index (χ1v) is 6.20. The lowest BCUT2D eigenvalue weighted by molar-refractivity contribution is 0.453. The van der Waals surface area contributed by atoms with Crippen LogP contribution < -0.4 is 16.3 Å². The number of fused-ring (bicyclic) bond motifs is 1. The minimum atomic E-state index is -0.0897. The van der Waals surface area contributed by atoms with Gasteiger partial charge in [-0.1, -0.05) is 0 Å². The third kappa shape index (κ3) is 1.97. The molecule has 0 atom stereocenters. The lowest BCUT2D eigenvalue weighted by Crippen LogP contribution is -2.28. The number of aromatic nitrogens is 2. The van der Waals surface area contributed by atoms with Gasteiger partial charge in [0.1, 0.15) is 5.65 Å². The maximum atomic E-state index is 12.0. The Bertz CT molecular complexity index is 680. The van der Waals surface area contributed by atoms with Gasteiger partial charge in [-0.3, -0.25) is 14.0 Å². The normalized spacial score (nSPS) is 17.1. The van der Waals surface area contributed by atoms with E-state index < -0.39 is 0 Å². The number of nitrogens with zero attached hydrogens (tertiary/aromatic N) is 1. The van der Waals surface area contributed by atoms with Crippen LogP contribution in [0.25, 0.3) is 5.65 Å². The van der Waals surface area contributed by atoms with Crippen LogP contribution in [0.2, 0.25) is 0 Å². The molecule has 1 aliphatic rings. The van der Waals surface area contributed by atoms with E-state index in [0.717, 1.165) is 31.6 Å². The number of nitrogens with one attached hydrogen (secondary N) is 2. The van der Waals surface area contributed by atoms with Crippen molar-refractivity contribution in [2.45, 2.75) is 18.8 Å². The van der Waals surface area contributed by atoms with Crippen LogP contribution in [0.4, 0.5) is 0 Å². The number of piperidine rings is 1. The first-order valence-electron chi connectivity index (χ1n) is 6.20. The summed E-state index contributed by atoms with van der Waals surface area (Å²) in [5.74, 6) is 0.374. The molecule has 5 heteroatoms. The van der Waals surface area contributed by atoms with Gasteiger partial charge in [-0.25, -0.2) is 0 Å². The molecule has 0 aliphatic carbocycles. The molecule has 0 saturated carbocycles. The minimum absolute atomic E-state index is 0.0858. The van der Waals surface area contributed by atoms with Crippen molar-refractivity contribution >= 4 is 5.65 Å². The van der Waals surface area contributed by atoms with Crippen molar-refractivity contribution in [3.05, 3.63) is 50.7 Å². The van der Waals surface area contributed by atoms with Gasteiger partial charge in [0.15, 0.2) is 5.43 Å². The maximum Gasteiger partial charge on any atom is 0.257 e. The van der Waals surface area contributed by atoms with Gasteiger partial charge >= 0.3 is 0 Å². The molecule has 3 heterocycles. The van der Waals surface area contributed by atoms with Gasteiger partial charge in [0.25, 0.3) is 5.56 Å². The SMILES string of the molecule is O=c1ccn2c(=O)cc(C3CCNCC3)[nH]c2c1. The van der Waals surface area contributed by atoms with E-state index in [2.05, 4.69) is 10.3 Å². The monoisotopic (exact) mass is 245 g/mol. The van der Waals surface area contributed by atoms with E-state index in [1.54, 1.807) is 6.07 Å². The van der Waals surface area contributed by atoms with Crippen molar-refractivity contribution in [2.24, 2.45) is 0 Å². The number of H-pyrrole nitrogens is 1. The fraction of sp³-hybridized carbons (Fsp3) is 0.385. The van der Waals surface area contributed by atoms with Gasteiger partial charge in [-0.2, -0.15) is 0 Å². The van der Waals surface area contributed by atoms with Crippen molar-refractivity contribution in [3.8, 4) is 0 Å². The smallest absolute Gasteiger partial charge is 0.257 e. The van der Waals surface area contributed by atoms with E-state index in [1.165, 1.54) is 22.7 Å². The third-order valence-corrected chi connectivity index (χ3v) is 3.49. The predicted octanol–water partition coefficient (Wildman–Crippen LogP) is 0.455. The second-order valence-corrected chi connectivity index (χ2v) is 4.70. The molecule has 1 aliphatic heterocycles. The Morgan fingerprint density at radius 1 is 1.17 bits per heavy atom. The zero-order valence-electron chi connectivity index (χ0n) is 9.98. The van der Waals surface area contributed by atoms with Gasteiger partial charge in [0, 0.05) is 36.0 Å². The summed E-state index contributed by atoms with van der Waals surface area (Å²) in [7, 11) is 0. The first-order chi connectivity index (χ1) is 8.74. The maximum absolute atomic E-state index is 12.0. The van der Waals surface area contributed by atoms with Crippen LogP contribution in [0.1, 0.15) is 24.5 Å². The average molecular weight is 245 g/mol. The summed E-state index contributed by atoms with van der Waals surface area (Å²) in [5.41, 5.74) is 1.33. The Morgan fingerprint density at radius 3 is 2.72 bits per heavy atom. The summed E-state index contributed by atoms with van der Waals surface area (Å²) in [5, 5.41) is 3.30. The molecule has 0 amide bonds. The Kier molecular flexibility index (Phi) is 2.76. The molecule has 0 spiro atoms. The van der Waals surface area contributed by atoms with E-state index in [9.17, 15) is 9.59 Å². The minimum Gasteiger partial charge on any atom is -0.344 e. The predicted molar refractivity (Wildman–Crippen MR) is 69.1 cm³/mol. The van der Waals surface area contributed by atoms with Gasteiger partial charge in [-0.05, 0) is 25.9 Å². The van der Waals surface area contributed by atoms with Crippen LogP contribution >= 0.6 is 0 Å². The average Bonchev–Trinajstić information content (AvgIpc) is 2.39. The zero-order chi connectivity index (χ0) is 12.5. The summed E-state index contributed by atoms with van der Waals surface area (Å²) in [6.45, 7) is 1.94. The molecular formula is C13H15N3O2. The van der Waals surface area contributed by atoms with Gasteiger partial charge < -0.3 is 10.3 Å². The largest absolute Gasteiger partial charge is 0.344 e. The van der Waals surface area contributed by atoms with Crippen LogP contribution in [0.5, 0.6) is 0 Å². The van der Waals surface area contributed by atoms with Crippen molar-refractivity contribution in [2.75, 3.05) is 13.1 Å². The third-order valence-electron chi connectivity index (χ3n) is 3.49. The molecule has 3 rings (SSSR count). The first kappa shape index (κ1) is 11.2. The van der Waals surface area contributed by atoms with Crippen molar-refractivity contribution in [1.82, 2.24) is 14.7 Å². The van der Waals surface area contributed by atoms with Gasteiger partial charge in [0.05, 0.1) is 0 Å². The van der Waals surface area contributed by atoms with Crippen LogP contribution in [-0.2, 0) is 0 Å². The quantitative estimate of drug-likeness (QED) is 0.767. The molecule has 18 heavy (non-hydrogen) atoms. The Balaban J connectivity index is 2.13. The van der Waals surface area contributed by atoms with Crippen LogP contribution in [-0.4, -0.2) is 22.5 Å². The number of hydrogen-bond donors (Lipinski definition) is 2. The molecule has 0 aromatic carbocycles. The lowest BCUT2D eigenvalue weighted by Gasteiger charge is -2.22.